The number of halogens is 2. The Balaban J connectivity index is 1.25. The van der Waals surface area contributed by atoms with Gasteiger partial charge in [0.05, 0.1) is 16.5 Å². The van der Waals surface area contributed by atoms with Gasteiger partial charge in [0.2, 0.25) is 22.8 Å². The second-order valence-corrected chi connectivity index (χ2v) is 11.8. The van der Waals surface area contributed by atoms with Crippen LogP contribution in [0.25, 0.3) is 21.8 Å². The summed E-state index contributed by atoms with van der Waals surface area (Å²) in [5, 5.41) is 11.2. The lowest BCUT2D eigenvalue weighted by Crippen LogP contribution is -2.25. The molecular formula is C34H39F2N6O2+. The fraction of sp³-hybridized carbons (Fsp3) is 0.382. The lowest BCUT2D eigenvalue weighted by Gasteiger charge is -2.15. The Hall–Kier alpha value is -4.15. The Morgan fingerprint density at radius 3 is 1.70 bits per heavy atom. The van der Waals surface area contributed by atoms with E-state index in [-0.39, 0.29) is 18.4 Å². The molecule has 230 valence electrons. The van der Waals surface area contributed by atoms with Crippen LogP contribution in [-0.4, -0.2) is 60.9 Å². The number of anilines is 3. The van der Waals surface area contributed by atoms with E-state index in [0.29, 0.717) is 29.8 Å². The highest BCUT2D eigenvalue weighted by Crippen LogP contribution is 2.32. The minimum Gasteiger partial charge on any atom is -0.380 e. The van der Waals surface area contributed by atoms with Crippen LogP contribution in [0.5, 0.6) is 0 Å². The molecule has 1 aromatic heterocycles. The summed E-state index contributed by atoms with van der Waals surface area (Å²) in [6.07, 6.45) is 5.61. The zero-order valence-electron chi connectivity index (χ0n) is 24.9. The molecule has 10 heteroatoms. The number of rotatable bonds is 11. The molecule has 3 aromatic carbocycles. The van der Waals surface area contributed by atoms with E-state index in [1.165, 1.54) is 31.7 Å². The fourth-order valence-corrected chi connectivity index (χ4v) is 6.19. The number of H-pyrrole nitrogens is 1. The highest BCUT2D eigenvalue weighted by molar-refractivity contribution is 6.07. The number of hydrogen-bond acceptors (Lipinski definition) is 5. The Morgan fingerprint density at radius 2 is 1.20 bits per heavy atom. The first-order valence-electron chi connectivity index (χ1n) is 15.6. The molecule has 4 N–H and O–H groups in total. The first-order chi connectivity index (χ1) is 21.4. The van der Waals surface area contributed by atoms with Crippen LogP contribution in [0.4, 0.5) is 25.8 Å². The number of amides is 2. The van der Waals surface area contributed by atoms with Gasteiger partial charge in [-0.05, 0) is 93.8 Å². The molecule has 2 saturated heterocycles. The number of carbonyl (C=O) groups excluding carboxylic acids is 2. The molecule has 3 heterocycles. The molecule has 2 aliphatic rings. The van der Waals surface area contributed by atoms with Crippen molar-refractivity contribution in [2.24, 2.45) is 0 Å². The standard InChI is InChI=1S/C34H38F2N6O2/c35-28-10-5-23(19-29(28)36)22-37-34-26-8-6-24(38-32(43)11-17-41-13-1-2-14-41)20-30(26)40-31-21-25(7-9-27(31)34)39-33(44)12-18-42-15-3-4-16-42/h5-10,19-21H,1-4,11-18,22H2,(H,37,40)(H,38,43)(H,39,44)/p+1. The van der Waals surface area contributed by atoms with Crippen LogP contribution in [0.1, 0.15) is 44.1 Å². The van der Waals surface area contributed by atoms with Gasteiger partial charge in [-0.1, -0.05) is 6.07 Å². The Labute approximate surface area is 255 Å². The quantitative estimate of drug-likeness (QED) is 0.196. The third-order valence-corrected chi connectivity index (χ3v) is 8.58. The van der Waals surface area contributed by atoms with Crippen LogP contribution in [0, 0.1) is 11.6 Å². The number of nitrogens with one attached hydrogen (secondary N) is 4. The summed E-state index contributed by atoms with van der Waals surface area (Å²) >= 11 is 0. The average molecular weight is 602 g/mol. The van der Waals surface area contributed by atoms with Crippen LogP contribution >= 0.6 is 0 Å². The van der Waals surface area contributed by atoms with Gasteiger partial charge < -0.3 is 25.8 Å². The smallest absolute Gasteiger partial charge is 0.225 e. The molecule has 0 atom stereocenters. The Morgan fingerprint density at radius 1 is 0.682 bits per heavy atom. The molecule has 6 rings (SSSR count). The normalized spacial score (nSPS) is 15.7. The molecule has 0 bridgehead atoms. The number of nitrogens with zero attached hydrogens (tertiary/aromatic N) is 2. The number of aromatic nitrogens is 1. The lowest BCUT2D eigenvalue weighted by molar-refractivity contribution is -0.310. The van der Waals surface area contributed by atoms with Crippen molar-refractivity contribution in [1.82, 2.24) is 9.80 Å². The Kier molecular flexibility index (Phi) is 9.28. The molecule has 0 spiro atoms. The molecule has 2 aliphatic heterocycles. The number of likely N-dealkylation sites (tertiary alicyclic amines) is 2. The first-order valence-corrected chi connectivity index (χ1v) is 15.6. The third-order valence-electron chi connectivity index (χ3n) is 8.58. The van der Waals surface area contributed by atoms with Gasteiger partial charge in [0, 0.05) is 56.0 Å². The number of carbonyl (C=O) groups is 2. The lowest BCUT2D eigenvalue weighted by atomic mass is 10.1. The predicted molar refractivity (Wildman–Crippen MR) is 170 cm³/mol. The van der Waals surface area contributed by atoms with E-state index >= 15 is 0 Å². The van der Waals surface area contributed by atoms with Crippen LogP contribution in [-0.2, 0) is 16.1 Å². The molecule has 2 amide bonds. The van der Waals surface area contributed by atoms with Gasteiger partial charge >= 0.3 is 0 Å². The van der Waals surface area contributed by atoms with E-state index in [1.807, 2.05) is 36.4 Å². The van der Waals surface area contributed by atoms with Crippen molar-refractivity contribution >= 4 is 50.7 Å². The van der Waals surface area contributed by atoms with E-state index in [9.17, 15) is 18.4 Å². The van der Waals surface area contributed by atoms with E-state index < -0.39 is 11.6 Å². The maximum Gasteiger partial charge on any atom is 0.225 e. The molecule has 0 aliphatic carbocycles. The van der Waals surface area contributed by atoms with Gasteiger partial charge in [-0.25, -0.2) is 13.8 Å². The van der Waals surface area contributed by atoms with Crippen LogP contribution in [0.3, 0.4) is 0 Å². The van der Waals surface area contributed by atoms with Crippen molar-refractivity contribution in [3.05, 3.63) is 71.8 Å². The molecule has 4 aromatic rings. The summed E-state index contributed by atoms with van der Waals surface area (Å²) in [4.78, 5) is 33.5. The zero-order valence-corrected chi connectivity index (χ0v) is 24.9. The van der Waals surface area contributed by atoms with Crippen molar-refractivity contribution in [3.63, 3.8) is 0 Å². The second-order valence-electron chi connectivity index (χ2n) is 11.8. The largest absolute Gasteiger partial charge is 0.380 e. The van der Waals surface area contributed by atoms with Crippen molar-refractivity contribution in [2.75, 3.05) is 55.2 Å². The number of pyridine rings is 1. The van der Waals surface area contributed by atoms with Crippen LogP contribution in [0.2, 0.25) is 0 Å². The summed E-state index contributed by atoms with van der Waals surface area (Å²) in [6.45, 7) is 5.97. The van der Waals surface area contributed by atoms with Gasteiger partial charge in [0.15, 0.2) is 11.6 Å². The fourth-order valence-electron chi connectivity index (χ4n) is 6.19. The van der Waals surface area contributed by atoms with Crippen LogP contribution < -0.4 is 20.9 Å². The van der Waals surface area contributed by atoms with Crippen molar-refractivity contribution in [2.45, 2.75) is 45.1 Å². The summed E-state index contributed by atoms with van der Waals surface area (Å²) in [5.74, 6) is -1.85. The van der Waals surface area contributed by atoms with E-state index in [2.05, 4.69) is 30.7 Å². The molecule has 2 fully saturated rings. The second kappa shape index (κ2) is 13.7. The molecule has 0 radical (unpaired) electrons. The Bertz CT molecular complexity index is 1580. The van der Waals surface area contributed by atoms with Gasteiger partial charge in [0.1, 0.15) is 0 Å². The van der Waals surface area contributed by atoms with Crippen molar-refractivity contribution in [3.8, 4) is 0 Å². The summed E-state index contributed by atoms with van der Waals surface area (Å²) in [5.41, 5.74) is 4.31. The van der Waals surface area contributed by atoms with E-state index in [0.717, 1.165) is 72.8 Å². The summed E-state index contributed by atoms with van der Waals surface area (Å²) in [6, 6.07) is 15.3. The first kappa shape index (κ1) is 29.9. The number of fused-ring (bicyclic) bond motifs is 2. The van der Waals surface area contributed by atoms with Gasteiger partial charge in [-0.15, -0.1) is 0 Å². The number of aromatic amines is 1. The van der Waals surface area contributed by atoms with Crippen molar-refractivity contribution in [1.29, 1.82) is 0 Å². The van der Waals surface area contributed by atoms with Crippen molar-refractivity contribution < 1.29 is 23.4 Å². The minimum atomic E-state index is -0.893. The highest BCUT2D eigenvalue weighted by Gasteiger charge is 2.19. The third kappa shape index (κ3) is 7.31. The molecule has 44 heavy (non-hydrogen) atoms. The topological polar surface area (TPSA) is 90.8 Å². The summed E-state index contributed by atoms with van der Waals surface area (Å²) in [7, 11) is 0. The van der Waals surface area contributed by atoms with E-state index in [1.54, 1.807) is 6.07 Å². The highest BCUT2D eigenvalue weighted by atomic mass is 19.2. The summed E-state index contributed by atoms with van der Waals surface area (Å²) < 4.78 is 27.4. The van der Waals surface area contributed by atoms with Gasteiger partial charge in [-0.3, -0.25) is 9.59 Å². The molecule has 0 unspecified atom stereocenters. The SMILES string of the molecule is O=C(CCN1CCCC1)Nc1ccc2c(NCc3ccc(F)c(F)c3)c3ccc(NC(=O)CCN4CCCC4)cc3[nH+]c2c1. The number of benzene rings is 3. The maximum atomic E-state index is 13.9. The van der Waals surface area contributed by atoms with Crippen LogP contribution in [0.15, 0.2) is 54.6 Å². The predicted octanol–water partition coefficient (Wildman–Crippen LogP) is 5.55. The zero-order chi connectivity index (χ0) is 30.5. The average Bonchev–Trinajstić information content (AvgIpc) is 3.74. The van der Waals surface area contributed by atoms with Gasteiger partial charge in [0.25, 0.3) is 0 Å². The molecule has 8 nitrogen and oxygen atoms in total. The minimum absolute atomic E-state index is 0.0346. The van der Waals surface area contributed by atoms with Gasteiger partial charge in [-0.2, -0.15) is 0 Å². The monoisotopic (exact) mass is 601 g/mol. The molecule has 0 saturated carbocycles. The van der Waals surface area contributed by atoms with E-state index in [4.69, 9.17) is 0 Å². The maximum absolute atomic E-state index is 13.9. The molecular weight excluding hydrogens is 562 g/mol. The number of hydrogen-bond donors (Lipinski definition) is 3.